The summed E-state index contributed by atoms with van der Waals surface area (Å²) in [6.07, 6.45) is 2.01. The highest BCUT2D eigenvalue weighted by molar-refractivity contribution is 7.89. The van der Waals surface area contributed by atoms with Crippen LogP contribution in [0.5, 0.6) is 0 Å². The van der Waals surface area contributed by atoms with E-state index in [1.54, 1.807) is 5.51 Å². The maximum Gasteiger partial charge on any atom is 0.213 e. The Balaban J connectivity index is 1.87. The molecule has 0 saturated carbocycles. The van der Waals surface area contributed by atoms with Crippen LogP contribution in [-0.2, 0) is 16.6 Å². The molecular weight excluding hydrogens is 258 g/mol. The minimum absolute atomic E-state index is 0.107. The van der Waals surface area contributed by atoms with Gasteiger partial charge in [-0.15, -0.1) is 11.3 Å². The first-order chi connectivity index (χ1) is 8.07. The fraction of sp³-hybridized carbons (Fsp3) is 0.700. The molecule has 1 unspecified atom stereocenters. The number of hydrogen-bond acceptors (Lipinski definition) is 5. The molecule has 1 aliphatic rings. The zero-order valence-electron chi connectivity index (χ0n) is 9.77. The molecule has 7 heteroatoms. The van der Waals surface area contributed by atoms with Gasteiger partial charge in [-0.25, -0.2) is 18.1 Å². The Bertz CT molecular complexity index is 464. The Labute approximate surface area is 106 Å². The molecule has 0 radical (unpaired) electrons. The topological polar surface area (TPSA) is 71.1 Å². The van der Waals surface area contributed by atoms with Crippen LogP contribution in [0, 0.1) is 6.92 Å². The van der Waals surface area contributed by atoms with Crippen molar-refractivity contribution in [3.8, 4) is 0 Å². The summed E-state index contributed by atoms with van der Waals surface area (Å²) >= 11 is 1.48. The van der Waals surface area contributed by atoms with Crippen molar-refractivity contribution < 1.29 is 8.42 Å². The summed E-state index contributed by atoms with van der Waals surface area (Å²) in [5, 5.41) is 3.19. The molecule has 17 heavy (non-hydrogen) atoms. The van der Waals surface area contributed by atoms with E-state index in [2.05, 4.69) is 15.0 Å². The molecular formula is C10H17N3O2S2. The van der Waals surface area contributed by atoms with Gasteiger partial charge in [0.2, 0.25) is 10.0 Å². The van der Waals surface area contributed by atoms with Crippen molar-refractivity contribution in [1.82, 2.24) is 15.0 Å². The normalized spacial score (nSPS) is 20.9. The SMILES string of the molecule is Cc1ncsc1CNS(=O)(=O)CC1CCCN1. The smallest absolute Gasteiger partial charge is 0.213 e. The summed E-state index contributed by atoms with van der Waals surface area (Å²) in [4.78, 5) is 5.07. The van der Waals surface area contributed by atoms with Gasteiger partial charge in [-0.1, -0.05) is 0 Å². The fourth-order valence-corrected chi connectivity index (χ4v) is 4.00. The van der Waals surface area contributed by atoms with Gasteiger partial charge in [-0.05, 0) is 26.3 Å². The van der Waals surface area contributed by atoms with Crippen LogP contribution in [0.3, 0.4) is 0 Å². The van der Waals surface area contributed by atoms with Crippen LogP contribution in [0.1, 0.15) is 23.4 Å². The second-order valence-electron chi connectivity index (χ2n) is 4.26. The van der Waals surface area contributed by atoms with Crippen molar-refractivity contribution in [2.24, 2.45) is 0 Å². The van der Waals surface area contributed by atoms with E-state index in [1.807, 2.05) is 6.92 Å². The summed E-state index contributed by atoms with van der Waals surface area (Å²) in [6, 6.07) is 0.107. The molecule has 1 atom stereocenters. The molecule has 0 bridgehead atoms. The molecule has 2 rings (SSSR count). The zero-order valence-corrected chi connectivity index (χ0v) is 11.4. The largest absolute Gasteiger partial charge is 0.313 e. The Morgan fingerprint density at radius 3 is 3.06 bits per heavy atom. The summed E-state index contributed by atoms with van der Waals surface area (Å²) in [6.45, 7) is 3.17. The molecule has 2 heterocycles. The Kier molecular flexibility index (Phi) is 4.13. The molecule has 0 spiro atoms. The van der Waals surface area contributed by atoms with Crippen molar-refractivity contribution in [2.75, 3.05) is 12.3 Å². The Hall–Kier alpha value is -0.500. The summed E-state index contributed by atoms with van der Waals surface area (Å²) in [5.41, 5.74) is 2.63. The number of nitrogens with one attached hydrogen (secondary N) is 2. The standard InChI is InChI=1S/C10H17N3O2S2/c1-8-10(16-7-12-8)5-13-17(14,15)6-9-3-2-4-11-9/h7,9,11,13H,2-6H2,1H3. The van der Waals surface area contributed by atoms with Crippen molar-refractivity contribution in [3.63, 3.8) is 0 Å². The van der Waals surface area contributed by atoms with Gasteiger partial charge in [0.1, 0.15) is 0 Å². The zero-order chi connectivity index (χ0) is 12.3. The minimum Gasteiger partial charge on any atom is -0.313 e. The quantitative estimate of drug-likeness (QED) is 0.826. The van der Waals surface area contributed by atoms with Crippen LogP contribution >= 0.6 is 11.3 Å². The van der Waals surface area contributed by atoms with E-state index in [0.29, 0.717) is 6.54 Å². The Morgan fingerprint density at radius 2 is 2.47 bits per heavy atom. The second-order valence-corrected chi connectivity index (χ2v) is 7.05. The predicted octanol–water partition coefficient (Wildman–Crippen LogP) is 0.623. The lowest BCUT2D eigenvalue weighted by molar-refractivity contribution is 0.563. The summed E-state index contributed by atoms with van der Waals surface area (Å²) < 4.78 is 26.3. The van der Waals surface area contributed by atoms with Gasteiger partial charge in [0.15, 0.2) is 0 Å². The molecule has 1 aromatic rings. The highest BCUT2D eigenvalue weighted by atomic mass is 32.2. The van der Waals surface area contributed by atoms with Gasteiger partial charge in [0.25, 0.3) is 0 Å². The van der Waals surface area contributed by atoms with Gasteiger partial charge in [-0.3, -0.25) is 0 Å². The molecule has 0 aliphatic carbocycles. The molecule has 5 nitrogen and oxygen atoms in total. The third-order valence-electron chi connectivity index (χ3n) is 2.88. The van der Waals surface area contributed by atoms with E-state index >= 15 is 0 Å². The van der Waals surface area contributed by atoms with E-state index < -0.39 is 10.0 Å². The number of sulfonamides is 1. The summed E-state index contributed by atoms with van der Waals surface area (Å²) in [5.74, 6) is 0.171. The van der Waals surface area contributed by atoms with Crippen molar-refractivity contribution in [1.29, 1.82) is 0 Å². The third kappa shape index (κ3) is 3.74. The van der Waals surface area contributed by atoms with Crippen LogP contribution in [0.25, 0.3) is 0 Å². The van der Waals surface area contributed by atoms with E-state index in [4.69, 9.17) is 0 Å². The van der Waals surface area contributed by atoms with Gasteiger partial charge < -0.3 is 5.32 Å². The maximum absolute atomic E-state index is 11.8. The monoisotopic (exact) mass is 275 g/mol. The lowest BCUT2D eigenvalue weighted by Crippen LogP contribution is -2.36. The highest BCUT2D eigenvalue weighted by Crippen LogP contribution is 2.12. The van der Waals surface area contributed by atoms with E-state index in [1.165, 1.54) is 11.3 Å². The molecule has 0 aromatic carbocycles. The van der Waals surface area contributed by atoms with Crippen LogP contribution in [0.4, 0.5) is 0 Å². The predicted molar refractivity (Wildman–Crippen MR) is 68.5 cm³/mol. The number of hydrogen-bond donors (Lipinski definition) is 2. The molecule has 1 saturated heterocycles. The molecule has 1 fully saturated rings. The number of aryl methyl sites for hydroxylation is 1. The number of thiazole rings is 1. The Morgan fingerprint density at radius 1 is 1.65 bits per heavy atom. The van der Waals surface area contributed by atoms with Gasteiger partial charge in [0.05, 0.1) is 17.0 Å². The average molecular weight is 275 g/mol. The van der Waals surface area contributed by atoms with Crippen molar-refractivity contribution in [3.05, 3.63) is 16.1 Å². The summed E-state index contributed by atoms with van der Waals surface area (Å²) in [7, 11) is -3.19. The second kappa shape index (κ2) is 5.43. The first-order valence-corrected chi connectivity index (χ1v) is 8.20. The van der Waals surface area contributed by atoms with Crippen LogP contribution < -0.4 is 10.0 Å². The first kappa shape index (κ1) is 12.9. The van der Waals surface area contributed by atoms with E-state index in [0.717, 1.165) is 30.0 Å². The number of aromatic nitrogens is 1. The molecule has 2 N–H and O–H groups in total. The van der Waals surface area contributed by atoms with Crippen LogP contribution in [0.2, 0.25) is 0 Å². The fourth-order valence-electron chi connectivity index (χ4n) is 1.89. The van der Waals surface area contributed by atoms with Crippen molar-refractivity contribution >= 4 is 21.4 Å². The van der Waals surface area contributed by atoms with E-state index in [9.17, 15) is 8.42 Å². The lowest BCUT2D eigenvalue weighted by atomic mass is 10.3. The van der Waals surface area contributed by atoms with Gasteiger partial charge in [-0.2, -0.15) is 0 Å². The van der Waals surface area contributed by atoms with Crippen molar-refractivity contribution in [2.45, 2.75) is 32.4 Å². The van der Waals surface area contributed by atoms with Crippen LogP contribution in [0.15, 0.2) is 5.51 Å². The lowest BCUT2D eigenvalue weighted by Gasteiger charge is -2.11. The first-order valence-electron chi connectivity index (χ1n) is 5.66. The van der Waals surface area contributed by atoms with Gasteiger partial charge >= 0.3 is 0 Å². The molecule has 1 aromatic heterocycles. The molecule has 96 valence electrons. The minimum atomic E-state index is -3.19. The highest BCUT2D eigenvalue weighted by Gasteiger charge is 2.21. The molecule has 0 amide bonds. The van der Waals surface area contributed by atoms with Crippen LogP contribution in [-0.4, -0.2) is 31.7 Å². The average Bonchev–Trinajstić information content (AvgIpc) is 2.87. The maximum atomic E-state index is 11.8. The number of nitrogens with zero attached hydrogens (tertiary/aromatic N) is 1. The van der Waals surface area contributed by atoms with Gasteiger partial charge in [0, 0.05) is 17.5 Å². The van der Waals surface area contributed by atoms with E-state index in [-0.39, 0.29) is 11.8 Å². The third-order valence-corrected chi connectivity index (χ3v) is 5.24. The molecule has 1 aliphatic heterocycles. The number of rotatable bonds is 5.